The minimum absolute atomic E-state index is 0.00191. The van der Waals surface area contributed by atoms with E-state index in [2.05, 4.69) is 0 Å². The van der Waals surface area contributed by atoms with Crippen molar-refractivity contribution >= 4 is 32.3 Å². The van der Waals surface area contributed by atoms with Gasteiger partial charge in [-0.2, -0.15) is 0 Å². The second-order valence-electron chi connectivity index (χ2n) is 5.68. The number of para-hydroxylation sites is 1. The Morgan fingerprint density at radius 1 is 0.923 bits per heavy atom. The molecule has 0 saturated heterocycles. The fourth-order valence-electron chi connectivity index (χ4n) is 2.79. The topological polar surface area (TPSA) is 90.4 Å². The summed E-state index contributed by atoms with van der Waals surface area (Å²) in [6, 6.07) is 16.7. The lowest BCUT2D eigenvalue weighted by molar-refractivity contribution is 0.597. The molecule has 0 radical (unpaired) electrons. The van der Waals surface area contributed by atoms with Gasteiger partial charge in [-0.1, -0.05) is 18.2 Å². The Balaban J connectivity index is 2.03. The van der Waals surface area contributed by atoms with Gasteiger partial charge in [0.15, 0.2) is 0 Å². The largest absolute Gasteiger partial charge is 0.455 e. The van der Waals surface area contributed by atoms with E-state index < -0.39 is 10.0 Å². The molecule has 0 atom stereocenters. The van der Waals surface area contributed by atoms with Crippen molar-refractivity contribution in [2.45, 2.75) is 4.90 Å². The van der Waals surface area contributed by atoms with Gasteiger partial charge in [0.25, 0.3) is 0 Å². The maximum absolute atomic E-state index is 13.1. The molecule has 7 heteroatoms. The van der Waals surface area contributed by atoms with Crippen molar-refractivity contribution in [1.82, 2.24) is 0 Å². The molecule has 26 heavy (non-hydrogen) atoms. The predicted molar refractivity (Wildman–Crippen MR) is 103 cm³/mol. The Bertz CT molecular complexity index is 1260. The van der Waals surface area contributed by atoms with Crippen LogP contribution >= 0.6 is 11.3 Å². The molecule has 0 amide bonds. The van der Waals surface area contributed by atoms with Gasteiger partial charge in [-0.05, 0) is 47.8 Å². The monoisotopic (exact) mass is 383 g/mol. The summed E-state index contributed by atoms with van der Waals surface area (Å²) >= 11 is 1.44. The zero-order valence-electron chi connectivity index (χ0n) is 13.4. The maximum atomic E-state index is 13.1. The third-order valence-electron chi connectivity index (χ3n) is 4.01. The molecule has 2 aromatic carbocycles. The normalized spacial score (nSPS) is 11.7. The van der Waals surface area contributed by atoms with Crippen molar-refractivity contribution in [2.24, 2.45) is 5.14 Å². The van der Waals surface area contributed by atoms with E-state index in [1.54, 1.807) is 36.4 Å². The first kappa shape index (κ1) is 16.7. The maximum Gasteiger partial charge on any atom is 0.238 e. The van der Waals surface area contributed by atoms with E-state index in [0.29, 0.717) is 27.9 Å². The molecular formula is C19H13NO4S2. The molecule has 4 rings (SSSR count). The molecule has 4 aromatic rings. The van der Waals surface area contributed by atoms with Crippen LogP contribution < -0.4 is 10.6 Å². The van der Waals surface area contributed by atoms with Crippen molar-refractivity contribution in [3.8, 4) is 21.8 Å². The van der Waals surface area contributed by atoms with Gasteiger partial charge in [0.1, 0.15) is 11.3 Å². The van der Waals surface area contributed by atoms with Gasteiger partial charge in [-0.15, -0.1) is 11.3 Å². The molecule has 0 aliphatic carbocycles. The van der Waals surface area contributed by atoms with Gasteiger partial charge in [0, 0.05) is 10.4 Å². The Labute approximate surface area is 153 Å². The van der Waals surface area contributed by atoms with Crippen molar-refractivity contribution in [2.75, 3.05) is 0 Å². The summed E-state index contributed by atoms with van der Waals surface area (Å²) in [5, 5.41) is 7.54. The SMILES string of the molecule is NS(=O)(=O)c1ccc(-c2oc3ccccc3c(=O)c2-c2cccs2)cc1. The Hall–Kier alpha value is -2.74. The van der Waals surface area contributed by atoms with Crippen LogP contribution in [-0.4, -0.2) is 8.42 Å². The number of hydrogen-bond donors (Lipinski definition) is 1. The van der Waals surface area contributed by atoms with Gasteiger partial charge >= 0.3 is 0 Å². The lowest BCUT2D eigenvalue weighted by Gasteiger charge is -2.09. The minimum atomic E-state index is -3.79. The van der Waals surface area contributed by atoms with Crippen LogP contribution in [0.25, 0.3) is 32.7 Å². The predicted octanol–water partition coefficient (Wildman–Crippen LogP) is 3.84. The minimum Gasteiger partial charge on any atom is -0.455 e. The van der Waals surface area contributed by atoms with Gasteiger partial charge in [-0.3, -0.25) is 4.79 Å². The zero-order valence-corrected chi connectivity index (χ0v) is 15.0. The summed E-state index contributed by atoms with van der Waals surface area (Å²) in [6.45, 7) is 0. The van der Waals surface area contributed by atoms with Crippen LogP contribution in [-0.2, 0) is 10.0 Å². The van der Waals surface area contributed by atoms with Crippen LogP contribution in [0, 0.1) is 0 Å². The summed E-state index contributed by atoms with van der Waals surface area (Å²) in [5.41, 5.74) is 1.41. The number of benzene rings is 2. The highest BCUT2D eigenvalue weighted by atomic mass is 32.2. The highest BCUT2D eigenvalue weighted by Crippen LogP contribution is 2.34. The third-order valence-corrected chi connectivity index (χ3v) is 5.83. The van der Waals surface area contributed by atoms with Gasteiger partial charge < -0.3 is 4.42 Å². The van der Waals surface area contributed by atoms with Crippen LogP contribution in [0.15, 0.2) is 80.2 Å². The fourth-order valence-corrected chi connectivity index (χ4v) is 4.07. The standard InChI is InChI=1S/C19H13NO4S2/c20-26(22,23)13-9-7-12(8-10-13)19-17(16-6-3-11-25-16)18(21)14-4-1-2-5-15(14)24-19/h1-11H,(H2,20,22,23). The molecular weight excluding hydrogens is 370 g/mol. The summed E-state index contributed by atoms with van der Waals surface area (Å²) in [7, 11) is -3.79. The first-order valence-electron chi connectivity index (χ1n) is 7.68. The van der Waals surface area contributed by atoms with Crippen LogP contribution in [0.3, 0.4) is 0 Å². The van der Waals surface area contributed by atoms with E-state index in [1.165, 1.54) is 23.5 Å². The molecule has 0 unspecified atom stereocenters. The molecule has 2 N–H and O–H groups in total. The molecule has 0 fully saturated rings. The van der Waals surface area contributed by atoms with Crippen molar-refractivity contribution in [3.05, 3.63) is 76.3 Å². The highest BCUT2D eigenvalue weighted by Gasteiger charge is 2.19. The number of fused-ring (bicyclic) bond motifs is 1. The Morgan fingerprint density at radius 2 is 1.65 bits per heavy atom. The molecule has 0 saturated carbocycles. The smallest absolute Gasteiger partial charge is 0.238 e. The number of rotatable bonds is 3. The average Bonchev–Trinajstić information content (AvgIpc) is 3.15. The summed E-state index contributed by atoms with van der Waals surface area (Å²) in [5.74, 6) is 0.400. The first-order valence-corrected chi connectivity index (χ1v) is 10.1. The van der Waals surface area contributed by atoms with E-state index in [-0.39, 0.29) is 10.3 Å². The van der Waals surface area contributed by atoms with Gasteiger partial charge in [0.05, 0.1) is 15.8 Å². The first-order chi connectivity index (χ1) is 12.4. The number of thiophene rings is 1. The third kappa shape index (κ3) is 2.86. The number of hydrogen-bond acceptors (Lipinski definition) is 5. The number of nitrogens with two attached hydrogens (primary N) is 1. The van der Waals surface area contributed by atoms with E-state index in [1.807, 2.05) is 17.5 Å². The molecule has 0 aliphatic rings. The van der Waals surface area contributed by atoms with Crippen molar-refractivity contribution < 1.29 is 12.8 Å². The van der Waals surface area contributed by atoms with Crippen LogP contribution in [0.1, 0.15) is 0 Å². The van der Waals surface area contributed by atoms with Crippen LogP contribution in [0.2, 0.25) is 0 Å². The van der Waals surface area contributed by atoms with E-state index in [0.717, 1.165) is 4.88 Å². The molecule has 5 nitrogen and oxygen atoms in total. The van der Waals surface area contributed by atoms with Crippen LogP contribution in [0.4, 0.5) is 0 Å². The molecule has 2 heterocycles. The Morgan fingerprint density at radius 3 is 2.31 bits per heavy atom. The fraction of sp³-hybridized carbons (Fsp3) is 0. The van der Waals surface area contributed by atoms with E-state index >= 15 is 0 Å². The second kappa shape index (κ2) is 6.21. The molecule has 2 aromatic heterocycles. The summed E-state index contributed by atoms with van der Waals surface area (Å²) in [6.07, 6.45) is 0. The lowest BCUT2D eigenvalue weighted by Crippen LogP contribution is -2.11. The second-order valence-corrected chi connectivity index (χ2v) is 8.19. The molecule has 0 spiro atoms. The highest BCUT2D eigenvalue weighted by molar-refractivity contribution is 7.89. The van der Waals surface area contributed by atoms with Crippen molar-refractivity contribution in [1.29, 1.82) is 0 Å². The summed E-state index contributed by atoms with van der Waals surface area (Å²) < 4.78 is 29.0. The van der Waals surface area contributed by atoms with E-state index in [9.17, 15) is 13.2 Å². The van der Waals surface area contributed by atoms with Crippen LogP contribution in [0.5, 0.6) is 0 Å². The van der Waals surface area contributed by atoms with Gasteiger partial charge in [-0.25, -0.2) is 13.6 Å². The van der Waals surface area contributed by atoms with E-state index in [4.69, 9.17) is 9.56 Å². The van der Waals surface area contributed by atoms with Crippen molar-refractivity contribution in [3.63, 3.8) is 0 Å². The number of primary sulfonamides is 1. The average molecular weight is 383 g/mol. The number of sulfonamides is 1. The molecule has 0 bridgehead atoms. The molecule has 130 valence electrons. The zero-order chi connectivity index (χ0) is 18.3. The lowest BCUT2D eigenvalue weighted by atomic mass is 10.0. The Kier molecular flexibility index (Phi) is 3.99. The molecule has 0 aliphatic heterocycles. The summed E-state index contributed by atoms with van der Waals surface area (Å²) in [4.78, 5) is 13.9. The van der Waals surface area contributed by atoms with Gasteiger partial charge in [0.2, 0.25) is 15.5 Å². The quantitative estimate of drug-likeness (QED) is 0.582.